The largest absolute Gasteiger partial charge is 0.373 e. The van der Waals surface area contributed by atoms with E-state index in [1.807, 2.05) is 0 Å². The molecule has 0 radical (unpaired) electrons. The molecule has 0 saturated carbocycles. The van der Waals surface area contributed by atoms with Crippen LogP contribution in [-0.2, 0) is 20.9 Å². The van der Waals surface area contributed by atoms with Crippen LogP contribution in [0.25, 0.3) is 0 Å². The number of ether oxygens (including phenoxy) is 1. The van der Waals surface area contributed by atoms with Crippen LogP contribution in [0.3, 0.4) is 0 Å². The molecule has 1 aromatic heterocycles. The minimum absolute atomic E-state index is 0.164. The summed E-state index contributed by atoms with van der Waals surface area (Å²) in [5.74, 6) is -1.54. The van der Waals surface area contributed by atoms with Crippen molar-refractivity contribution in [3.05, 3.63) is 46.9 Å². The number of anilines is 1. The molecule has 5 rings (SSSR count). The molecule has 2 aromatic rings. The molecule has 0 aliphatic carbocycles. The van der Waals surface area contributed by atoms with Gasteiger partial charge in [0.05, 0.1) is 30.6 Å². The van der Waals surface area contributed by atoms with Crippen LogP contribution in [0.5, 0.6) is 0 Å². The number of amides is 2. The zero-order valence-corrected chi connectivity index (χ0v) is 14.4. The molecule has 2 amide bonds. The topological polar surface area (TPSA) is 64.4 Å². The van der Waals surface area contributed by atoms with Crippen molar-refractivity contribution < 1.29 is 18.7 Å². The van der Waals surface area contributed by atoms with E-state index in [2.05, 4.69) is 5.10 Å². The number of fused-ring (bicyclic) bond motifs is 5. The van der Waals surface area contributed by atoms with Gasteiger partial charge in [-0.3, -0.25) is 14.3 Å². The molecule has 6 nitrogen and oxygen atoms in total. The van der Waals surface area contributed by atoms with Crippen LogP contribution in [0.4, 0.5) is 10.2 Å². The molecular weight excluding hydrogens is 361 g/mol. The Hall–Kier alpha value is -2.25. The molecule has 0 unspecified atom stereocenters. The number of halogens is 2. The van der Waals surface area contributed by atoms with Crippen LogP contribution in [0.2, 0.25) is 5.02 Å². The lowest BCUT2D eigenvalue weighted by molar-refractivity contribution is -0.124. The third kappa shape index (κ3) is 2.23. The fraction of sp³-hybridized carbons (Fsp3) is 0.389. The van der Waals surface area contributed by atoms with Crippen LogP contribution in [0.15, 0.2) is 30.5 Å². The molecule has 3 aliphatic rings. The molecule has 4 atom stereocenters. The Balaban J connectivity index is 1.44. The van der Waals surface area contributed by atoms with E-state index in [4.69, 9.17) is 16.3 Å². The summed E-state index contributed by atoms with van der Waals surface area (Å²) in [4.78, 5) is 26.8. The Morgan fingerprint density at radius 3 is 2.35 bits per heavy atom. The molecule has 8 heteroatoms. The zero-order valence-electron chi connectivity index (χ0n) is 13.6. The van der Waals surface area contributed by atoms with Gasteiger partial charge in [0.25, 0.3) is 0 Å². The van der Waals surface area contributed by atoms with Gasteiger partial charge in [0, 0.05) is 6.20 Å². The van der Waals surface area contributed by atoms with Gasteiger partial charge >= 0.3 is 0 Å². The normalized spacial score (nSPS) is 29.7. The van der Waals surface area contributed by atoms with Crippen molar-refractivity contribution >= 4 is 29.2 Å². The van der Waals surface area contributed by atoms with Crippen molar-refractivity contribution in [2.75, 3.05) is 4.90 Å². The molecule has 3 aliphatic heterocycles. The van der Waals surface area contributed by atoms with Gasteiger partial charge in [-0.2, -0.15) is 5.10 Å². The SMILES string of the molecule is O=C1[C@@H]2[C@H](C(=O)N1c1nn(Cc3ccc(F)cc3)cc1Cl)[C@@H]1CC[C@@H]2O1. The predicted molar refractivity (Wildman–Crippen MR) is 90.1 cm³/mol. The van der Waals surface area contributed by atoms with Crippen LogP contribution in [-0.4, -0.2) is 33.8 Å². The molecule has 1 aromatic carbocycles. The number of rotatable bonds is 3. The maximum atomic E-state index is 13.0. The fourth-order valence-corrected chi connectivity index (χ4v) is 4.55. The average molecular weight is 376 g/mol. The molecule has 4 heterocycles. The van der Waals surface area contributed by atoms with Crippen molar-refractivity contribution in [1.29, 1.82) is 0 Å². The Morgan fingerprint density at radius 1 is 1.12 bits per heavy atom. The molecule has 3 fully saturated rings. The lowest BCUT2D eigenvalue weighted by atomic mass is 9.81. The van der Waals surface area contributed by atoms with Gasteiger partial charge in [-0.1, -0.05) is 23.7 Å². The second-order valence-corrected chi connectivity index (χ2v) is 7.39. The van der Waals surface area contributed by atoms with E-state index in [0.717, 1.165) is 23.3 Å². The van der Waals surface area contributed by atoms with Gasteiger partial charge in [-0.05, 0) is 30.5 Å². The summed E-state index contributed by atoms with van der Waals surface area (Å²) in [6, 6.07) is 6.03. The maximum Gasteiger partial charge on any atom is 0.241 e. The van der Waals surface area contributed by atoms with Crippen LogP contribution in [0, 0.1) is 17.7 Å². The molecule has 3 saturated heterocycles. The molecule has 26 heavy (non-hydrogen) atoms. The Labute approximate surface area is 153 Å². The summed E-state index contributed by atoms with van der Waals surface area (Å²) in [6.07, 6.45) is 2.84. The predicted octanol–water partition coefficient (Wildman–Crippen LogP) is 2.39. The van der Waals surface area contributed by atoms with E-state index in [9.17, 15) is 14.0 Å². The van der Waals surface area contributed by atoms with Crippen LogP contribution >= 0.6 is 11.6 Å². The lowest BCUT2D eigenvalue weighted by Crippen LogP contribution is -2.34. The summed E-state index contributed by atoms with van der Waals surface area (Å²) in [7, 11) is 0. The number of benzene rings is 1. The minimum Gasteiger partial charge on any atom is -0.373 e. The number of hydrogen-bond acceptors (Lipinski definition) is 4. The number of carbonyl (C=O) groups excluding carboxylic acids is 2. The van der Waals surface area contributed by atoms with E-state index < -0.39 is 11.8 Å². The highest BCUT2D eigenvalue weighted by molar-refractivity contribution is 6.35. The highest BCUT2D eigenvalue weighted by Gasteiger charge is 2.63. The Morgan fingerprint density at radius 2 is 1.73 bits per heavy atom. The van der Waals surface area contributed by atoms with E-state index in [0.29, 0.717) is 6.54 Å². The number of nitrogens with zero attached hydrogens (tertiary/aromatic N) is 3. The fourth-order valence-electron chi connectivity index (χ4n) is 4.32. The molecule has 134 valence electrons. The van der Waals surface area contributed by atoms with Crippen LogP contribution in [0.1, 0.15) is 18.4 Å². The van der Waals surface area contributed by atoms with Gasteiger partial charge < -0.3 is 4.74 Å². The highest BCUT2D eigenvalue weighted by atomic mass is 35.5. The van der Waals surface area contributed by atoms with E-state index in [1.165, 1.54) is 12.1 Å². The minimum atomic E-state index is -0.417. The van der Waals surface area contributed by atoms with E-state index in [1.54, 1.807) is 23.0 Å². The van der Waals surface area contributed by atoms with Gasteiger partial charge in [-0.15, -0.1) is 0 Å². The first-order valence-corrected chi connectivity index (χ1v) is 8.91. The second-order valence-electron chi connectivity index (χ2n) is 6.98. The third-order valence-corrected chi connectivity index (χ3v) is 5.72. The monoisotopic (exact) mass is 375 g/mol. The highest BCUT2D eigenvalue weighted by Crippen LogP contribution is 2.49. The Kier molecular flexibility index (Phi) is 3.45. The molecule has 0 spiro atoms. The van der Waals surface area contributed by atoms with E-state index in [-0.39, 0.29) is 40.7 Å². The molecule has 0 N–H and O–H groups in total. The van der Waals surface area contributed by atoms with Crippen LogP contribution < -0.4 is 4.90 Å². The summed E-state index contributed by atoms with van der Waals surface area (Å²) < 4.78 is 20.3. The summed E-state index contributed by atoms with van der Waals surface area (Å²) in [5, 5.41) is 4.58. The van der Waals surface area contributed by atoms with E-state index >= 15 is 0 Å². The molecule has 2 bridgehead atoms. The number of hydrogen-bond donors (Lipinski definition) is 0. The zero-order chi connectivity index (χ0) is 18.0. The first-order chi connectivity index (χ1) is 12.5. The van der Waals surface area contributed by atoms with Crippen molar-refractivity contribution in [2.24, 2.45) is 11.8 Å². The second kappa shape index (κ2) is 5.62. The van der Waals surface area contributed by atoms with Gasteiger partial charge in [0.15, 0.2) is 5.82 Å². The number of imide groups is 1. The van der Waals surface area contributed by atoms with Gasteiger partial charge in [0.2, 0.25) is 11.8 Å². The van der Waals surface area contributed by atoms with Crippen molar-refractivity contribution in [3.63, 3.8) is 0 Å². The van der Waals surface area contributed by atoms with Gasteiger partial charge in [-0.25, -0.2) is 9.29 Å². The standard InChI is InChI=1S/C18H15ClFN3O3/c19-11-8-22(7-9-1-3-10(20)4-2-9)21-16(11)23-17(24)14-12-5-6-13(26-12)15(14)18(23)25/h1-4,8,12-15H,5-7H2/t12-,13-,14-,15+/m0/s1. The summed E-state index contributed by atoms with van der Waals surface area (Å²) >= 11 is 6.27. The summed E-state index contributed by atoms with van der Waals surface area (Å²) in [5.41, 5.74) is 0.833. The Bertz CT molecular complexity index is 885. The summed E-state index contributed by atoms with van der Waals surface area (Å²) in [6.45, 7) is 0.359. The number of carbonyl (C=O) groups is 2. The maximum absolute atomic E-state index is 13.0. The first-order valence-electron chi connectivity index (χ1n) is 8.53. The van der Waals surface area contributed by atoms with Crippen molar-refractivity contribution in [2.45, 2.75) is 31.6 Å². The lowest BCUT2D eigenvalue weighted by Gasteiger charge is -2.15. The number of aromatic nitrogens is 2. The third-order valence-electron chi connectivity index (χ3n) is 5.45. The van der Waals surface area contributed by atoms with Gasteiger partial charge in [0.1, 0.15) is 10.8 Å². The van der Waals surface area contributed by atoms with Crippen molar-refractivity contribution in [1.82, 2.24) is 9.78 Å². The molecular formula is C18H15ClFN3O3. The van der Waals surface area contributed by atoms with Crippen molar-refractivity contribution in [3.8, 4) is 0 Å². The quantitative estimate of drug-likeness (QED) is 0.773. The first kappa shape index (κ1) is 16.0. The average Bonchev–Trinajstić information content (AvgIpc) is 3.35. The smallest absolute Gasteiger partial charge is 0.241 e.